The molecular weight excluding hydrogens is 233 g/mol. The molecule has 0 heterocycles. The van der Waals surface area contributed by atoms with Crippen LogP contribution in [-0.2, 0) is 0 Å². The molecule has 1 rings (SSSR count). The second kappa shape index (κ2) is 4.35. The molecule has 0 bridgehead atoms. The number of halogens is 5. The minimum atomic E-state index is -5.07. The lowest BCUT2D eigenvalue weighted by molar-refractivity contribution is -0.275. The van der Waals surface area contributed by atoms with Gasteiger partial charge in [0.25, 0.3) is 6.43 Å². The van der Waals surface area contributed by atoms with Gasteiger partial charge in [0.1, 0.15) is 5.75 Å². The highest BCUT2D eigenvalue weighted by Crippen LogP contribution is 2.34. The van der Waals surface area contributed by atoms with Crippen molar-refractivity contribution in [3.8, 4) is 11.8 Å². The fraction of sp³-hybridized carbons (Fsp3) is 0.222. The summed E-state index contributed by atoms with van der Waals surface area (Å²) in [6.45, 7) is 0. The molecule has 7 heteroatoms. The highest BCUT2D eigenvalue weighted by atomic mass is 19.4. The van der Waals surface area contributed by atoms with Gasteiger partial charge in [0.2, 0.25) is 0 Å². The first-order valence-electron chi connectivity index (χ1n) is 3.92. The molecular formula is C9H4F5NO. The monoisotopic (exact) mass is 237 g/mol. The number of nitriles is 1. The number of alkyl halides is 5. The Hall–Kier alpha value is -1.84. The fourth-order valence-electron chi connectivity index (χ4n) is 1.08. The molecule has 2 nitrogen and oxygen atoms in total. The van der Waals surface area contributed by atoms with Crippen molar-refractivity contribution < 1.29 is 26.7 Å². The topological polar surface area (TPSA) is 33.0 Å². The molecule has 0 N–H and O–H groups in total. The molecule has 0 atom stereocenters. The molecule has 0 spiro atoms. The molecule has 86 valence electrons. The minimum absolute atomic E-state index is 0.545. The predicted octanol–water partition coefficient (Wildman–Crippen LogP) is 3.39. The van der Waals surface area contributed by atoms with Gasteiger partial charge in [-0.25, -0.2) is 8.78 Å². The summed E-state index contributed by atoms with van der Waals surface area (Å²) >= 11 is 0. The van der Waals surface area contributed by atoms with Crippen molar-refractivity contribution in [1.82, 2.24) is 0 Å². The summed E-state index contributed by atoms with van der Waals surface area (Å²) in [6.07, 6.45) is -8.29. The molecule has 0 radical (unpaired) electrons. The maximum Gasteiger partial charge on any atom is 0.573 e. The van der Waals surface area contributed by atoms with Crippen LogP contribution in [0.2, 0.25) is 0 Å². The molecule has 0 aliphatic rings. The first-order valence-corrected chi connectivity index (χ1v) is 3.92. The first kappa shape index (κ1) is 12.2. The Labute approximate surface area is 86.9 Å². The molecule has 0 unspecified atom stereocenters. The normalized spacial score (nSPS) is 11.3. The summed E-state index contributed by atoms with van der Waals surface area (Å²) in [5.74, 6) is -1.05. The van der Waals surface area contributed by atoms with E-state index in [1.54, 1.807) is 0 Å². The number of rotatable bonds is 2. The van der Waals surface area contributed by atoms with Crippen molar-refractivity contribution in [2.45, 2.75) is 12.8 Å². The first-order chi connectivity index (χ1) is 7.35. The van der Waals surface area contributed by atoms with Gasteiger partial charge in [0.05, 0.1) is 17.2 Å². The van der Waals surface area contributed by atoms with E-state index >= 15 is 0 Å². The Morgan fingerprint density at radius 1 is 1.25 bits per heavy atom. The zero-order valence-electron chi connectivity index (χ0n) is 7.55. The molecule has 1 aromatic carbocycles. The van der Waals surface area contributed by atoms with Gasteiger partial charge in [-0.1, -0.05) is 6.07 Å². The van der Waals surface area contributed by atoms with Crippen LogP contribution in [0.25, 0.3) is 0 Å². The fourth-order valence-corrected chi connectivity index (χ4v) is 1.08. The summed E-state index contributed by atoms with van der Waals surface area (Å²) in [7, 11) is 0. The Kier molecular flexibility index (Phi) is 3.32. The molecule has 0 saturated carbocycles. The van der Waals surface area contributed by atoms with Crippen molar-refractivity contribution in [3.05, 3.63) is 29.3 Å². The molecule has 0 fully saturated rings. The van der Waals surface area contributed by atoms with E-state index in [-0.39, 0.29) is 0 Å². The number of benzene rings is 1. The number of nitrogens with zero attached hydrogens (tertiary/aromatic N) is 1. The lowest BCUT2D eigenvalue weighted by Gasteiger charge is -2.13. The highest BCUT2D eigenvalue weighted by Gasteiger charge is 2.33. The molecule has 0 aliphatic carbocycles. The Balaban J connectivity index is 3.24. The van der Waals surface area contributed by atoms with E-state index < -0.39 is 29.7 Å². The van der Waals surface area contributed by atoms with E-state index in [4.69, 9.17) is 5.26 Å². The van der Waals surface area contributed by atoms with Crippen molar-refractivity contribution in [3.63, 3.8) is 0 Å². The molecule has 16 heavy (non-hydrogen) atoms. The lowest BCUT2D eigenvalue weighted by Crippen LogP contribution is -2.18. The SMILES string of the molecule is N#Cc1cccc(OC(F)(F)F)c1C(F)F. The van der Waals surface area contributed by atoms with Gasteiger partial charge in [-0.3, -0.25) is 0 Å². The van der Waals surface area contributed by atoms with Crippen LogP contribution in [0.1, 0.15) is 17.6 Å². The van der Waals surface area contributed by atoms with Gasteiger partial charge in [-0.05, 0) is 12.1 Å². The van der Waals surface area contributed by atoms with E-state index in [9.17, 15) is 22.0 Å². The third-order valence-electron chi connectivity index (χ3n) is 1.63. The largest absolute Gasteiger partial charge is 0.573 e. The number of hydrogen-bond donors (Lipinski definition) is 0. The molecule has 0 aromatic heterocycles. The second-order valence-corrected chi connectivity index (χ2v) is 2.68. The van der Waals surface area contributed by atoms with Crippen molar-refractivity contribution in [1.29, 1.82) is 5.26 Å². The smallest absolute Gasteiger partial charge is 0.405 e. The summed E-state index contributed by atoms with van der Waals surface area (Å²) in [5, 5.41) is 8.47. The van der Waals surface area contributed by atoms with Gasteiger partial charge in [-0.2, -0.15) is 5.26 Å². The van der Waals surface area contributed by atoms with E-state index in [1.165, 1.54) is 6.07 Å². The van der Waals surface area contributed by atoms with Crippen LogP contribution in [0.4, 0.5) is 22.0 Å². The average molecular weight is 237 g/mol. The van der Waals surface area contributed by atoms with Crippen LogP contribution in [0.3, 0.4) is 0 Å². The molecule has 1 aromatic rings. The van der Waals surface area contributed by atoms with Crippen molar-refractivity contribution in [2.24, 2.45) is 0 Å². The maximum atomic E-state index is 12.5. The second-order valence-electron chi connectivity index (χ2n) is 2.68. The predicted molar refractivity (Wildman–Crippen MR) is 42.8 cm³/mol. The van der Waals surface area contributed by atoms with E-state index in [1.807, 2.05) is 0 Å². The maximum absolute atomic E-state index is 12.5. The Bertz CT molecular complexity index is 421. The molecule has 0 amide bonds. The number of ether oxygens (including phenoxy) is 1. The third kappa shape index (κ3) is 2.82. The van der Waals surface area contributed by atoms with Crippen LogP contribution >= 0.6 is 0 Å². The van der Waals surface area contributed by atoms with Gasteiger partial charge in [0.15, 0.2) is 0 Å². The molecule has 0 aliphatic heterocycles. The minimum Gasteiger partial charge on any atom is -0.405 e. The third-order valence-corrected chi connectivity index (χ3v) is 1.63. The van der Waals surface area contributed by atoms with E-state index in [0.29, 0.717) is 0 Å². The van der Waals surface area contributed by atoms with Crippen LogP contribution in [-0.4, -0.2) is 6.36 Å². The van der Waals surface area contributed by atoms with E-state index in [0.717, 1.165) is 18.2 Å². The van der Waals surface area contributed by atoms with Crippen molar-refractivity contribution in [2.75, 3.05) is 0 Å². The van der Waals surface area contributed by atoms with Gasteiger partial charge in [0, 0.05) is 0 Å². The van der Waals surface area contributed by atoms with Crippen LogP contribution < -0.4 is 4.74 Å². The summed E-state index contributed by atoms with van der Waals surface area (Å²) in [4.78, 5) is 0. The van der Waals surface area contributed by atoms with Crippen molar-refractivity contribution >= 4 is 0 Å². The highest BCUT2D eigenvalue weighted by molar-refractivity contribution is 5.47. The molecule has 0 saturated heterocycles. The number of hydrogen-bond acceptors (Lipinski definition) is 2. The average Bonchev–Trinajstić information content (AvgIpc) is 2.14. The van der Waals surface area contributed by atoms with Crippen LogP contribution in [0.5, 0.6) is 5.75 Å². The lowest BCUT2D eigenvalue weighted by atomic mass is 10.1. The van der Waals surface area contributed by atoms with Gasteiger partial charge >= 0.3 is 6.36 Å². The van der Waals surface area contributed by atoms with E-state index in [2.05, 4.69) is 4.74 Å². The zero-order chi connectivity index (χ0) is 12.3. The quantitative estimate of drug-likeness (QED) is 0.738. The Morgan fingerprint density at radius 3 is 2.31 bits per heavy atom. The van der Waals surface area contributed by atoms with Gasteiger partial charge < -0.3 is 4.74 Å². The van der Waals surface area contributed by atoms with Gasteiger partial charge in [-0.15, -0.1) is 13.2 Å². The summed E-state index contributed by atoms with van der Waals surface area (Å²) in [6, 6.07) is 4.13. The standard InChI is InChI=1S/C9H4F5NO/c10-8(11)7-5(4-15)2-1-3-6(7)16-9(12,13)14/h1-3,8H. The Morgan fingerprint density at radius 2 is 1.88 bits per heavy atom. The van der Waals surface area contributed by atoms with Crippen LogP contribution in [0.15, 0.2) is 18.2 Å². The summed E-state index contributed by atoms with van der Waals surface area (Å²) < 4.78 is 63.9. The zero-order valence-corrected chi connectivity index (χ0v) is 7.55. The summed E-state index contributed by atoms with van der Waals surface area (Å²) in [5.41, 5.74) is -1.60. The van der Waals surface area contributed by atoms with Crippen LogP contribution in [0, 0.1) is 11.3 Å².